The summed E-state index contributed by atoms with van der Waals surface area (Å²) in [7, 11) is 0. The number of carbonyl (C=O) groups is 1. The van der Waals surface area contributed by atoms with Crippen LogP contribution in [0.4, 0.5) is 0 Å². The summed E-state index contributed by atoms with van der Waals surface area (Å²) in [5.74, 6) is -0.256. The highest BCUT2D eigenvalue weighted by molar-refractivity contribution is 14.1. The number of hydrogen-bond acceptors (Lipinski definition) is 2. The number of aryl methyl sites for hydroxylation is 1. The van der Waals surface area contributed by atoms with Crippen LogP contribution in [-0.4, -0.2) is 15.7 Å². The number of nitrogens with zero attached hydrogens (tertiary/aromatic N) is 2. The highest BCUT2D eigenvalue weighted by atomic mass is 127. The monoisotopic (exact) mass is 430 g/mol. The van der Waals surface area contributed by atoms with Gasteiger partial charge in [-0.05, 0) is 53.3 Å². The highest BCUT2D eigenvalue weighted by Crippen LogP contribution is 2.29. The molecule has 21 heavy (non-hydrogen) atoms. The third-order valence-corrected chi connectivity index (χ3v) is 4.63. The van der Waals surface area contributed by atoms with Crippen molar-refractivity contribution in [3.05, 3.63) is 61.3 Å². The van der Waals surface area contributed by atoms with Gasteiger partial charge in [0.2, 0.25) is 0 Å². The van der Waals surface area contributed by atoms with Gasteiger partial charge >= 0.3 is 0 Å². The maximum Gasteiger partial charge on any atom is 0.280 e. The largest absolute Gasteiger partial charge is 0.280 e. The van der Waals surface area contributed by atoms with Crippen LogP contribution in [0.15, 0.2) is 36.4 Å². The fourth-order valence-corrected chi connectivity index (χ4v) is 3.75. The third kappa shape index (κ3) is 2.45. The van der Waals surface area contributed by atoms with Crippen LogP contribution in [0.3, 0.4) is 0 Å². The number of carbonyl (C=O) groups excluding carboxylic acids is 1. The molecule has 3 aromatic rings. The van der Waals surface area contributed by atoms with Gasteiger partial charge < -0.3 is 0 Å². The van der Waals surface area contributed by atoms with Gasteiger partial charge in [0.15, 0.2) is 0 Å². The Balaban J connectivity index is 2.26. The van der Waals surface area contributed by atoms with E-state index in [4.69, 9.17) is 23.2 Å². The Morgan fingerprint density at radius 1 is 1.14 bits per heavy atom. The Hall–Kier alpha value is -1.11. The minimum atomic E-state index is -0.256. The molecule has 1 heterocycles. The molecule has 0 spiro atoms. The normalized spacial score (nSPS) is 11.0. The first-order valence-corrected chi connectivity index (χ1v) is 7.96. The number of fused-ring (bicyclic) bond motifs is 1. The molecular formula is C15H9Cl2IN2O. The molecule has 0 bridgehead atoms. The molecule has 6 heteroatoms. The summed E-state index contributed by atoms with van der Waals surface area (Å²) in [4.78, 5) is 12.8. The summed E-state index contributed by atoms with van der Waals surface area (Å²) in [5.41, 5.74) is 1.95. The van der Waals surface area contributed by atoms with Crippen molar-refractivity contribution in [3.8, 4) is 0 Å². The van der Waals surface area contributed by atoms with Crippen molar-refractivity contribution >= 4 is 62.6 Å². The summed E-state index contributed by atoms with van der Waals surface area (Å²) in [6.45, 7) is 1.85. The molecule has 0 aliphatic rings. The molecule has 1 aromatic heterocycles. The van der Waals surface area contributed by atoms with E-state index in [1.165, 1.54) is 4.68 Å². The average Bonchev–Trinajstić information content (AvgIpc) is 2.77. The molecule has 2 aromatic carbocycles. The predicted octanol–water partition coefficient (Wildman–Crippen LogP) is 4.94. The summed E-state index contributed by atoms with van der Waals surface area (Å²) in [6, 6.07) is 10.8. The molecule has 3 nitrogen and oxygen atoms in total. The molecule has 0 aliphatic carbocycles. The van der Waals surface area contributed by atoms with Crippen molar-refractivity contribution < 1.29 is 4.79 Å². The van der Waals surface area contributed by atoms with E-state index in [1.807, 2.05) is 25.1 Å². The lowest BCUT2D eigenvalue weighted by Gasteiger charge is -2.07. The highest BCUT2D eigenvalue weighted by Gasteiger charge is 2.20. The summed E-state index contributed by atoms with van der Waals surface area (Å²) in [6.07, 6.45) is 0. The second kappa shape index (κ2) is 5.59. The number of halogens is 3. The Kier molecular flexibility index (Phi) is 3.94. The van der Waals surface area contributed by atoms with Gasteiger partial charge in [0, 0.05) is 0 Å². The van der Waals surface area contributed by atoms with Crippen molar-refractivity contribution in [1.82, 2.24) is 9.78 Å². The molecule has 0 atom stereocenters. The van der Waals surface area contributed by atoms with Gasteiger partial charge in [0.05, 0.1) is 26.5 Å². The smallest absolute Gasteiger partial charge is 0.267 e. The molecule has 0 saturated heterocycles. The Labute approximate surface area is 145 Å². The van der Waals surface area contributed by atoms with Crippen molar-refractivity contribution in [2.24, 2.45) is 0 Å². The van der Waals surface area contributed by atoms with Crippen LogP contribution in [-0.2, 0) is 0 Å². The number of benzene rings is 2. The van der Waals surface area contributed by atoms with E-state index in [1.54, 1.807) is 18.2 Å². The van der Waals surface area contributed by atoms with Crippen molar-refractivity contribution in [1.29, 1.82) is 0 Å². The lowest BCUT2D eigenvalue weighted by molar-refractivity contribution is 0.0949. The van der Waals surface area contributed by atoms with Crippen LogP contribution >= 0.6 is 45.8 Å². The van der Waals surface area contributed by atoms with Gasteiger partial charge in [-0.15, -0.1) is 0 Å². The van der Waals surface area contributed by atoms with Crippen molar-refractivity contribution in [3.63, 3.8) is 0 Å². The van der Waals surface area contributed by atoms with Gasteiger partial charge in [0.1, 0.15) is 3.70 Å². The lowest BCUT2D eigenvalue weighted by atomic mass is 10.1. The molecule has 0 radical (unpaired) electrons. The topological polar surface area (TPSA) is 34.9 Å². The number of hydrogen-bond donors (Lipinski definition) is 0. The average molecular weight is 431 g/mol. The fourth-order valence-electron chi connectivity index (χ4n) is 2.25. The minimum absolute atomic E-state index is 0.256. The molecule has 0 fully saturated rings. The van der Waals surface area contributed by atoms with Gasteiger partial charge in [-0.25, -0.2) is 0 Å². The van der Waals surface area contributed by atoms with E-state index < -0.39 is 0 Å². The maximum absolute atomic E-state index is 12.8. The third-order valence-electron chi connectivity index (χ3n) is 3.24. The van der Waals surface area contributed by atoms with Gasteiger partial charge in [-0.3, -0.25) is 4.79 Å². The minimum Gasteiger partial charge on any atom is -0.267 e. The quantitative estimate of drug-likeness (QED) is 0.512. The Morgan fingerprint density at radius 2 is 1.81 bits per heavy atom. The van der Waals surface area contributed by atoms with E-state index >= 15 is 0 Å². The van der Waals surface area contributed by atoms with Crippen molar-refractivity contribution in [2.45, 2.75) is 6.92 Å². The molecule has 0 aliphatic heterocycles. The maximum atomic E-state index is 12.8. The summed E-state index contributed by atoms with van der Waals surface area (Å²) < 4.78 is 2.04. The molecule has 0 saturated carbocycles. The number of rotatable bonds is 1. The van der Waals surface area contributed by atoms with E-state index in [-0.39, 0.29) is 5.91 Å². The van der Waals surface area contributed by atoms with Gasteiger partial charge in [0.25, 0.3) is 5.91 Å². The second-order valence-electron chi connectivity index (χ2n) is 4.57. The first kappa shape index (κ1) is 14.8. The van der Waals surface area contributed by atoms with E-state index in [2.05, 4.69) is 27.7 Å². The van der Waals surface area contributed by atoms with Crippen LogP contribution in [0.2, 0.25) is 10.0 Å². The second-order valence-corrected chi connectivity index (χ2v) is 6.41. The zero-order valence-corrected chi connectivity index (χ0v) is 14.6. The Bertz CT molecular complexity index is 853. The first-order chi connectivity index (χ1) is 10.0. The zero-order valence-electron chi connectivity index (χ0n) is 10.9. The summed E-state index contributed by atoms with van der Waals surface area (Å²) in [5, 5.41) is 6.09. The molecule has 106 valence electrons. The van der Waals surface area contributed by atoms with Crippen LogP contribution in [0.5, 0.6) is 0 Å². The molecule has 0 unspecified atom stereocenters. The summed E-state index contributed by atoms with van der Waals surface area (Å²) >= 11 is 14.4. The van der Waals surface area contributed by atoms with Crippen LogP contribution in [0, 0.1) is 10.6 Å². The van der Waals surface area contributed by atoms with E-state index in [0.29, 0.717) is 24.8 Å². The van der Waals surface area contributed by atoms with E-state index in [9.17, 15) is 4.79 Å². The molecule has 0 N–H and O–H groups in total. The van der Waals surface area contributed by atoms with Crippen molar-refractivity contribution in [2.75, 3.05) is 0 Å². The van der Waals surface area contributed by atoms with E-state index in [0.717, 1.165) is 10.9 Å². The van der Waals surface area contributed by atoms with Crippen LogP contribution in [0.25, 0.3) is 10.9 Å². The zero-order chi connectivity index (χ0) is 15.1. The predicted molar refractivity (Wildman–Crippen MR) is 93.4 cm³/mol. The van der Waals surface area contributed by atoms with Crippen LogP contribution < -0.4 is 0 Å². The van der Waals surface area contributed by atoms with Gasteiger partial charge in [-0.2, -0.15) is 9.78 Å². The Morgan fingerprint density at radius 3 is 2.52 bits per heavy atom. The lowest BCUT2D eigenvalue weighted by Crippen LogP contribution is -2.15. The standard InChI is InChI=1S/C15H9Cl2IN2O/c1-8-4-2-5-9(16)12(8)15(21)20-11-7-3-6-10(17)13(11)14(18)19-20/h2-7H,1H3. The van der Waals surface area contributed by atoms with Crippen LogP contribution in [0.1, 0.15) is 15.9 Å². The molecule has 0 amide bonds. The first-order valence-electron chi connectivity index (χ1n) is 6.13. The number of aromatic nitrogens is 2. The fraction of sp³-hybridized carbons (Fsp3) is 0.0667. The molecule has 3 rings (SSSR count). The SMILES string of the molecule is Cc1cccc(Cl)c1C(=O)n1nc(I)c2c(Cl)cccc21. The molecular weight excluding hydrogens is 422 g/mol. The van der Waals surface area contributed by atoms with Gasteiger partial charge in [-0.1, -0.05) is 41.4 Å².